The van der Waals surface area contributed by atoms with Crippen molar-refractivity contribution in [2.45, 2.75) is 27.7 Å². The maximum absolute atomic E-state index is 12.4. The summed E-state index contributed by atoms with van der Waals surface area (Å²) in [4.78, 5) is 39.0. The number of aryl methyl sites for hydroxylation is 3. The van der Waals surface area contributed by atoms with Crippen LogP contribution in [0.15, 0.2) is 29.1 Å². The number of rotatable bonds is 4. The molecule has 0 aliphatic carbocycles. The van der Waals surface area contributed by atoms with E-state index in [0.717, 1.165) is 11.1 Å². The van der Waals surface area contributed by atoms with E-state index in [-0.39, 0.29) is 17.7 Å². The second-order valence-electron chi connectivity index (χ2n) is 5.54. The minimum absolute atomic E-state index is 0.136. The number of ether oxygens (including phenoxy) is 1. The molecule has 0 radical (unpaired) electrons. The number of carbonyl (C=O) groups excluding carboxylic acids is 2. The number of H-pyrrole nitrogens is 1. The molecule has 126 valence electrons. The minimum atomic E-state index is -0.577. The standard InChI is InChI=1S/C18H20N2O4/c1-5-24-18(23)13-9-14(16(21)19-12(13)4)17(22)20-15-7-6-10(2)8-11(15)3/h6-9H,5H2,1-4H3,(H,19,21)(H,20,22). The molecule has 0 aliphatic rings. The summed E-state index contributed by atoms with van der Waals surface area (Å²) in [5.41, 5.74) is 2.42. The van der Waals surface area contributed by atoms with Gasteiger partial charge in [0.15, 0.2) is 0 Å². The van der Waals surface area contributed by atoms with Gasteiger partial charge in [0.05, 0.1) is 12.2 Å². The van der Waals surface area contributed by atoms with Crippen LogP contribution in [0, 0.1) is 20.8 Å². The largest absolute Gasteiger partial charge is 0.462 e. The van der Waals surface area contributed by atoms with E-state index in [1.807, 2.05) is 26.0 Å². The van der Waals surface area contributed by atoms with E-state index < -0.39 is 17.4 Å². The number of benzene rings is 1. The van der Waals surface area contributed by atoms with Crippen molar-refractivity contribution in [3.8, 4) is 0 Å². The fraction of sp³-hybridized carbons (Fsp3) is 0.278. The van der Waals surface area contributed by atoms with Gasteiger partial charge in [-0.1, -0.05) is 17.7 Å². The summed E-state index contributed by atoms with van der Waals surface area (Å²) >= 11 is 0. The van der Waals surface area contributed by atoms with Crippen molar-refractivity contribution in [2.24, 2.45) is 0 Å². The normalized spacial score (nSPS) is 10.3. The highest BCUT2D eigenvalue weighted by molar-refractivity contribution is 6.05. The number of aromatic amines is 1. The summed E-state index contributed by atoms with van der Waals surface area (Å²) in [5, 5.41) is 2.70. The lowest BCUT2D eigenvalue weighted by atomic mass is 10.1. The highest BCUT2D eigenvalue weighted by Gasteiger charge is 2.18. The van der Waals surface area contributed by atoms with E-state index in [2.05, 4.69) is 10.3 Å². The fourth-order valence-corrected chi connectivity index (χ4v) is 2.36. The van der Waals surface area contributed by atoms with Gasteiger partial charge in [-0.2, -0.15) is 0 Å². The zero-order valence-electron chi connectivity index (χ0n) is 14.1. The second kappa shape index (κ2) is 7.12. The molecule has 1 heterocycles. The Morgan fingerprint density at radius 2 is 1.83 bits per heavy atom. The van der Waals surface area contributed by atoms with Crippen LogP contribution < -0.4 is 10.9 Å². The second-order valence-corrected chi connectivity index (χ2v) is 5.54. The molecule has 0 atom stereocenters. The quantitative estimate of drug-likeness (QED) is 0.845. The Balaban J connectivity index is 2.37. The highest BCUT2D eigenvalue weighted by atomic mass is 16.5. The maximum atomic E-state index is 12.4. The Labute approximate surface area is 139 Å². The lowest BCUT2D eigenvalue weighted by Crippen LogP contribution is -2.26. The molecule has 6 heteroatoms. The van der Waals surface area contributed by atoms with E-state index >= 15 is 0 Å². The lowest BCUT2D eigenvalue weighted by molar-refractivity contribution is 0.0525. The predicted molar refractivity (Wildman–Crippen MR) is 91.6 cm³/mol. The van der Waals surface area contributed by atoms with Crippen molar-refractivity contribution in [2.75, 3.05) is 11.9 Å². The van der Waals surface area contributed by atoms with Crippen molar-refractivity contribution >= 4 is 17.6 Å². The van der Waals surface area contributed by atoms with Gasteiger partial charge in [-0.05, 0) is 45.4 Å². The number of hydrogen-bond acceptors (Lipinski definition) is 4. The molecule has 0 fully saturated rings. The predicted octanol–water partition coefficient (Wildman–Crippen LogP) is 2.73. The van der Waals surface area contributed by atoms with Gasteiger partial charge in [0.1, 0.15) is 5.56 Å². The van der Waals surface area contributed by atoms with Crippen molar-refractivity contribution < 1.29 is 14.3 Å². The van der Waals surface area contributed by atoms with Crippen LogP contribution in [-0.4, -0.2) is 23.5 Å². The van der Waals surface area contributed by atoms with Crippen molar-refractivity contribution in [3.63, 3.8) is 0 Å². The minimum Gasteiger partial charge on any atom is -0.462 e. The summed E-state index contributed by atoms with van der Waals surface area (Å²) in [6.45, 7) is 7.30. The first-order valence-electron chi connectivity index (χ1n) is 7.63. The SMILES string of the molecule is CCOC(=O)c1cc(C(=O)Nc2ccc(C)cc2C)c(=O)[nH]c1C. The van der Waals surface area contributed by atoms with Gasteiger partial charge < -0.3 is 15.0 Å². The summed E-state index contributed by atoms with van der Waals surface area (Å²) < 4.78 is 4.94. The van der Waals surface area contributed by atoms with Gasteiger partial charge in [0.2, 0.25) is 0 Å². The fourth-order valence-electron chi connectivity index (χ4n) is 2.36. The Bertz CT molecular complexity index is 853. The lowest BCUT2D eigenvalue weighted by Gasteiger charge is -2.10. The van der Waals surface area contributed by atoms with Gasteiger partial charge >= 0.3 is 5.97 Å². The van der Waals surface area contributed by atoms with Gasteiger partial charge in [-0.25, -0.2) is 4.79 Å². The van der Waals surface area contributed by atoms with Crippen molar-refractivity contribution in [3.05, 3.63) is 62.6 Å². The summed E-state index contributed by atoms with van der Waals surface area (Å²) in [5.74, 6) is -1.15. The molecule has 2 aromatic rings. The van der Waals surface area contributed by atoms with Crippen molar-refractivity contribution in [1.82, 2.24) is 4.98 Å². The van der Waals surface area contributed by atoms with Crippen LogP contribution in [0.3, 0.4) is 0 Å². The zero-order valence-corrected chi connectivity index (χ0v) is 14.1. The Morgan fingerprint density at radius 1 is 1.12 bits per heavy atom. The summed E-state index contributed by atoms with van der Waals surface area (Å²) in [6.07, 6.45) is 0. The number of nitrogens with one attached hydrogen (secondary N) is 2. The van der Waals surface area contributed by atoms with Gasteiger partial charge in [-0.3, -0.25) is 9.59 Å². The van der Waals surface area contributed by atoms with Crippen LogP contribution in [0.2, 0.25) is 0 Å². The molecule has 0 saturated carbocycles. The molecule has 2 N–H and O–H groups in total. The Kier molecular flexibility index (Phi) is 5.18. The monoisotopic (exact) mass is 328 g/mol. The van der Waals surface area contributed by atoms with E-state index in [4.69, 9.17) is 4.74 Å². The molecule has 1 aromatic heterocycles. The molecule has 2 rings (SSSR count). The molecular weight excluding hydrogens is 308 g/mol. The molecule has 1 amide bonds. The first-order valence-corrected chi connectivity index (χ1v) is 7.63. The third kappa shape index (κ3) is 3.71. The van der Waals surface area contributed by atoms with E-state index in [1.54, 1.807) is 19.9 Å². The first-order chi connectivity index (χ1) is 11.3. The van der Waals surface area contributed by atoms with Crippen LogP contribution in [0.4, 0.5) is 5.69 Å². The molecule has 6 nitrogen and oxygen atoms in total. The average Bonchev–Trinajstić information content (AvgIpc) is 2.50. The zero-order chi connectivity index (χ0) is 17.9. The number of hydrogen-bond donors (Lipinski definition) is 2. The third-order valence-corrected chi connectivity index (χ3v) is 3.61. The Hall–Kier alpha value is -2.89. The number of aromatic nitrogens is 1. The maximum Gasteiger partial charge on any atom is 0.339 e. The van der Waals surface area contributed by atoms with E-state index in [1.165, 1.54) is 6.07 Å². The molecule has 24 heavy (non-hydrogen) atoms. The van der Waals surface area contributed by atoms with Gasteiger partial charge in [-0.15, -0.1) is 0 Å². The van der Waals surface area contributed by atoms with E-state index in [0.29, 0.717) is 11.4 Å². The van der Waals surface area contributed by atoms with Gasteiger partial charge in [0, 0.05) is 11.4 Å². The molecule has 0 spiro atoms. The number of carbonyl (C=O) groups is 2. The number of esters is 1. The number of amides is 1. The van der Waals surface area contributed by atoms with Crippen LogP contribution in [0.1, 0.15) is 44.5 Å². The van der Waals surface area contributed by atoms with Crippen LogP contribution in [0.25, 0.3) is 0 Å². The van der Waals surface area contributed by atoms with Crippen LogP contribution in [-0.2, 0) is 4.74 Å². The summed E-state index contributed by atoms with van der Waals surface area (Å²) in [7, 11) is 0. The molecule has 0 aliphatic heterocycles. The summed E-state index contributed by atoms with van der Waals surface area (Å²) in [6, 6.07) is 6.84. The average molecular weight is 328 g/mol. The molecule has 1 aromatic carbocycles. The number of anilines is 1. The third-order valence-electron chi connectivity index (χ3n) is 3.61. The van der Waals surface area contributed by atoms with Crippen LogP contribution >= 0.6 is 0 Å². The molecular formula is C18H20N2O4. The topological polar surface area (TPSA) is 88.3 Å². The molecule has 0 unspecified atom stereocenters. The van der Waals surface area contributed by atoms with Crippen molar-refractivity contribution in [1.29, 1.82) is 0 Å². The smallest absolute Gasteiger partial charge is 0.339 e. The van der Waals surface area contributed by atoms with Gasteiger partial charge in [0.25, 0.3) is 11.5 Å². The molecule has 0 bridgehead atoms. The highest BCUT2D eigenvalue weighted by Crippen LogP contribution is 2.17. The number of pyridine rings is 1. The Morgan fingerprint density at radius 3 is 2.46 bits per heavy atom. The van der Waals surface area contributed by atoms with Crippen LogP contribution in [0.5, 0.6) is 0 Å². The molecule has 0 saturated heterocycles. The first kappa shape index (κ1) is 17.5. The van der Waals surface area contributed by atoms with E-state index in [9.17, 15) is 14.4 Å².